The number of aldehydes is 1. The first-order valence-electron chi connectivity index (χ1n) is 5.95. The molecular formula is C13H14ClN3O4. The number of hydrogen-bond donors (Lipinski definition) is 0. The van der Waals surface area contributed by atoms with Gasteiger partial charge in [0.15, 0.2) is 12.9 Å². The second kappa shape index (κ2) is 6.97. The minimum Gasteiger partial charge on any atom is -0.480 e. The fourth-order valence-electron chi connectivity index (χ4n) is 1.41. The third-order valence-electron chi connectivity index (χ3n) is 2.13. The van der Waals surface area contributed by atoms with Crippen LogP contribution < -0.4 is 4.74 Å². The number of halogens is 1. The van der Waals surface area contributed by atoms with Crippen LogP contribution in [0.1, 0.15) is 31.1 Å². The summed E-state index contributed by atoms with van der Waals surface area (Å²) in [6.45, 7) is 4.84. The lowest BCUT2D eigenvalue weighted by Gasteiger charge is -2.19. The monoisotopic (exact) mass is 311 g/mol. The minimum atomic E-state index is -0.623. The quantitative estimate of drug-likeness (QED) is 0.271. The van der Waals surface area contributed by atoms with Crippen LogP contribution in [0.4, 0.5) is 5.69 Å². The Morgan fingerprint density at radius 3 is 2.67 bits per heavy atom. The van der Waals surface area contributed by atoms with Crippen LogP contribution in [0, 0.1) is 0 Å². The number of benzene rings is 1. The Hall–Kier alpha value is -2.24. The Morgan fingerprint density at radius 2 is 2.14 bits per heavy atom. The summed E-state index contributed by atoms with van der Waals surface area (Å²) in [7, 11) is 0. The van der Waals surface area contributed by atoms with Crippen molar-refractivity contribution in [3.8, 4) is 5.75 Å². The first kappa shape index (κ1) is 16.8. The van der Waals surface area contributed by atoms with Gasteiger partial charge in [-0.05, 0) is 38.4 Å². The smallest absolute Gasteiger partial charge is 0.344 e. The Morgan fingerprint density at radius 1 is 1.48 bits per heavy atom. The highest BCUT2D eigenvalue weighted by Crippen LogP contribution is 2.32. The summed E-state index contributed by atoms with van der Waals surface area (Å²) in [4.78, 5) is 25.0. The van der Waals surface area contributed by atoms with Crippen molar-refractivity contribution < 1.29 is 19.1 Å². The van der Waals surface area contributed by atoms with E-state index < -0.39 is 11.6 Å². The zero-order valence-electron chi connectivity index (χ0n) is 11.8. The van der Waals surface area contributed by atoms with Crippen LogP contribution in [0.5, 0.6) is 5.75 Å². The maximum absolute atomic E-state index is 11.5. The summed E-state index contributed by atoms with van der Waals surface area (Å²) in [5, 5.41) is 3.48. The third-order valence-corrected chi connectivity index (χ3v) is 2.42. The van der Waals surface area contributed by atoms with E-state index in [4.69, 9.17) is 26.6 Å². The van der Waals surface area contributed by atoms with Gasteiger partial charge in [0, 0.05) is 10.5 Å². The van der Waals surface area contributed by atoms with Gasteiger partial charge in [0.2, 0.25) is 0 Å². The van der Waals surface area contributed by atoms with Crippen molar-refractivity contribution in [2.75, 3.05) is 6.61 Å². The van der Waals surface area contributed by atoms with E-state index in [1.54, 1.807) is 20.8 Å². The van der Waals surface area contributed by atoms with Crippen LogP contribution in [0.3, 0.4) is 0 Å². The number of carbonyl (C=O) groups excluding carboxylic acids is 2. The Kier molecular flexibility index (Phi) is 5.58. The van der Waals surface area contributed by atoms with Crippen LogP contribution >= 0.6 is 11.6 Å². The summed E-state index contributed by atoms with van der Waals surface area (Å²) in [5.41, 5.74) is 8.01. The van der Waals surface area contributed by atoms with E-state index in [0.717, 1.165) is 0 Å². The van der Waals surface area contributed by atoms with Crippen LogP contribution in [0.25, 0.3) is 10.4 Å². The van der Waals surface area contributed by atoms with Crippen molar-refractivity contribution in [3.05, 3.63) is 33.2 Å². The highest BCUT2D eigenvalue weighted by molar-refractivity contribution is 6.32. The van der Waals surface area contributed by atoms with Gasteiger partial charge in [-0.2, -0.15) is 0 Å². The zero-order chi connectivity index (χ0) is 16.0. The van der Waals surface area contributed by atoms with Crippen molar-refractivity contribution in [3.63, 3.8) is 0 Å². The average Bonchev–Trinajstić information content (AvgIpc) is 2.37. The molecule has 8 heteroatoms. The van der Waals surface area contributed by atoms with Gasteiger partial charge in [0.05, 0.1) is 10.7 Å². The van der Waals surface area contributed by atoms with Gasteiger partial charge in [-0.15, -0.1) is 0 Å². The lowest BCUT2D eigenvalue weighted by molar-refractivity contribution is -0.157. The minimum absolute atomic E-state index is 0.0658. The first-order valence-corrected chi connectivity index (χ1v) is 6.33. The van der Waals surface area contributed by atoms with E-state index in [2.05, 4.69) is 10.0 Å². The molecule has 0 saturated heterocycles. The fraction of sp³-hybridized carbons (Fsp3) is 0.385. The summed E-state index contributed by atoms with van der Waals surface area (Å²) in [5.74, 6) is -0.445. The molecule has 1 rings (SSSR count). The molecular weight excluding hydrogens is 298 g/mol. The predicted molar refractivity (Wildman–Crippen MR) is 77.0 cm³/mol. The van der Waals surface area contributed by atoms with E-state index >= 15 is 0 Å². The zero-order valence-corrected chi connectivity index (χ0v) is 12.5. The molecule has 21 heavy (non-hydrogen) atoms. The lowest BCUT2D eigenvalue weighted by Crippen LogP contribution is -2.27. The van der Waals surface area contributed by atoms with Gasteiger partial charge in [-0.1, -0.05) is 16.7 Å². The highest BCUT2D eigenvalue weighted by Gasteiger charge is 2.17. The standard InChI is InChI=1S/C13H14ClN3O4/c1-13(2,3)21-12(19)7-20-11-5-10(16-17-15)8(6-18)4-9(11)14/h4-6H,7H2,1-3H3. The summed E-state index contributed by atoms with van der Waals surface area (Å²) >= 11 is 5.93. The fourth-order valence-corrected chi connectivity index (χ4v) is 1.63. The summed E-state index contributed by atoms with van der Waals surface area (Å²) in [6.07, 6.45) is 0.507. The maximum Gasteiger partial charge on any atom is 0.344 e. The van der Waals surface area contributed by atoms with E-state index in [1.165, 1.54) is 12.1 Å². The van der Waals surface area contributed by atoms with E-state index in [9.17, 15) is 9.59 Å². The summed E-state index contributed by atoms with van der Waals surface area (Å²) < 4.78 is 10.3. The van der Waals surface area contributed by atoms with Gasteiger partial charge in [0.25, 0.3) is 0 Å². The molecule has 0 bridgehead atoms. The van der Waals surface area contributed by atoms with Crippen molar-refractivity contribution in [1.29, 1.82) is 0 Å². The van der Waals surface area contributed by atoms with Crippen molar-refractivity contribution in [1.82, 2.24) is 0 Å². The molecule has 0 amide bonds. The van der Waals surface area contributed by atoms with E-state index in [-0.39, 0.29) is 28.6 Å². The van der Waals surface area contributed by atoms with Crippen LogP contribution in [-0.2, 0) is 9.53 Å². The molecule has 0 atom stereocenters. The van der Waals surface area contributed by atoms with Gasteiger partial charge in [0.1, 0.15) is 11.4 Å². The van der Waals surface area contributed by atoms with Gasteiger partial charge >= 0.3 is 5.97 Å². The van der Waals surface area contributed by atoms with Crippen molar-refractivity contribution >= 4 is 29.5 Å². The number of azide groups is 1. The molecule has 0 aliphatic heterocycles. The van der Waals surface area contributed by atoms with Crippen LogP contribution in [0.2, 0.25) is 5.02 Å². The molecule has 1 aromatic rings. The van der Waals surface area contributed by atoms with Crippen LogP contribution in [0.15, 0.2) is 17.2 Å². The highest BCUT2D eigenvalue weighted by atomic mass is 35.5. The second-order valence-electron chi connectivity index (χ2n) is 5.02. The molecule has 1 aromatic carbocycles. The van der Waals surface area contributed by atoms with Gasteiger partial charge in [-0.3, -0.25) is 4.79 Å². The second-order valence-corrected chi connectivity index (χ2v) is 5.43. The molecule has 0 aliphatic carbocycles. The Labute approximate surface area is 126 Å². The first-order chi connectivity index (χ1) is 9.76. The van der Waals surface area contributed by atoms with Crippen molar-refractivity contribution in [2.45, 2.75) is 26.4 Å². The van der Waals surface area contributed by atoms with E-state index in [1.807, 2.05) is 0 Å². The predicted octanol–water partition coefficient (Wildman–Crippen LogP) is 3.81. The third kappa shape index (κ3) is 5.33. The number of nitrogens with zero attached hydrogens (tertiary/aromatic N) is 3. The number of rotatable bonds is 5. The van der Waals surface area contributed by atoms with Crippen molar-refractivity contribution in [2.24, 2.45) is 5.11 Å². The molecule has 112 valence electrons. The normalized spacial score (nSPS) is 10.5. The molecule has 0 aromatic heterocycles. The SMILES string of the molecule is CC(C)(C)OC(=O)COc1cc(N=[N+]=[N-])c(C=O)cc1Cl. The molecule has 0 heterocycles. The molecule has 7 nitrogen and oxygen atoms in total. The molecule has 0 fully saturated rings. The number of ether oxygens (including phenoxy) is 2. The molecule has 0 N–H and O–H groups in total. The van der Waals surface area contributed by atoms with E-state index in [0.29, 0.717) is 6.29 Å². The largest absolute Gasteiger partial charge is 0.480 e. The Balaban J connectivity index is 2.89. The topological polar surface area (TPSA) is 101 Å². The molecule has 0 saturated carbocycles. The maximum atomic E-state index is 11.5. The molecule has 0 aliphatic rings. The molecule has 0 unspecified atom stereocenters. The van der Waals surface area contributed by atoms with Crippen LogP contribution in [-0.4, -0.2) is 24.5 Å². The number of carbonyl (C=O) groups is 2. The van der Waals surface area contributed by atoms with Gasteiger partial charge < -0.3 is 9.47 Å². The average molecular weight is 312 g/mol. The summed E-state index contributed by atoms with van der Waals surface area (Å²) in [6, 6.07) is 2.58. The molecule has 0 radical (unpaired) electrons. The van der Waals surface area contributed by atoms with Gasteiger partial charge in [-0.25, -0.2) is 4.79 Å². The lowest BCUT2D eigenvalue weighted by atomic mass is 10.2. The number of esters is 1. The number of hydrogen-bond acceptors (Lipinski definition) is 5. The molecule has 0 spiro atoms. The Bertz CT molecular complexity index is 604.